The topological polar surface area (TPSA) is 65.1 Å². The van der Waals surface area contributed by atoms with Crippen LogP contribution in [-0.4, -0.2) is 39.6 Å². The van der Waals surface area contributed by atoms with E-state index in [1.165, 1.54) is 0 Å². The Bertz CT molecular complexity index is 908. The summed E-state index contributed by atoms with van der Waals surface area (Å²) in [5, 5.41) is 20.3. The first-order valence-corrected chi connectivity index (χ1v) is 12.3. The van der Waals surface area contributed by atoms with Crippen molar-refractivity contribution in [1.82, 2.24) is 19.6 Å². The number of hydrogen-bond donors (Lipinski definition) is 1. The molecule has 0 aliphatic carbocycles. The van der Waals surface area contributed by atoms with Crippen molar-refractivity contribution in [2.24, 2.45) is 0 Å². The molecule has 0 saturated carbocycles. The molecule has 146 valence electrons. The van der Waals surface area contributed by atoms with Crippen molar-refractivity contribution < 1.29 is 9.53 Å². The molecule has 0 saturated heterocycles. The van der Waals surface area contributed by atoms with Crippen molar-refractivity contribution in [3.8, 4) is 5.69 Å². The third kappa shape index (κ3) is 4.00. The Kier molecular flexibility index (Phi) is 5.29. The molecule has 1 aromatic carbocycles. The second-order valence-corrected chi connectivity index (χ2v) is 13.4. The monoisotopic (exact) mass is 386 g/mol. The van der Waals surface area contributed by atoms with E-state index in [4.69, 9.17) is 4.43 Å². The fraction of sp³-hybridized carbons (Fsp3) is 0.500. The van der Waals surface area contributed by atoms with Crippen LogP contribution in [0.2, 0.25) is 18.1 Å². The molecule has 0 bridgehead atoms. The fourth-order valence-electron chi connectivity index (χ4n) is 2.86. The van der Waals surface area contributed by atoms with Crippen LogP contribution in [0.3, 0.4) is 0 Å². The summed E-state index contributed by atoms with van der Waals surface area (Å²) in [7, 11) is -1.77. The maximum Gasteiger partial charge on any atom is 0.192 e. The van der Waals surface area contributed by atoms with E-state index in [0.717, 1.165) is 22.2 Å². The average molecular weight is 387 g/mol. The molecule has 1 N–H and O–H groups in total. The molecule has 0 spiro atoms. The predicted octanol–water partition coefficient (Wildman–Crippen LogP) is 4.30. The van der Waals surface area contributed by atoms with Gasteiger partial charge in [0.1, 0.15) is 0 Å². The van der Waals surface area contributed by atoms with E-state index in [1.54, 1.807) is 17.8 Å². The van der Waals surface area contributed by atoms with E-state index in [-0.39, 0.29) is 5.04 Å². The molecule has 27 heavy (non-hydrogen) atoms. The van der Waals surface area contributed by atoms with Crippen LogP contribution in [0.15, 0.2) is 36.8 Å². The number of benzene rings is 1. The predicted molar refractivity (Wildman–Crippen MR) is 111 cm³/mol. The summed E-state index contributed by atoms with van der Waals surface area (Å²) in [6.07, 6.45) is 4.88. The normalized spacial score (nSPS) is 14.0. The smallest absolute Gasteiger partial charge is 0.192 e. The Morgan fingerprint density at radius 2 is 1.96 bits per heavy atom. The third-order valence-electron chi connectivity index (χ3n) is 5.56. The second-order valence-electron chi connectivity index (χ2n) is 8.57. The Balaban J connectivity index is 1.87. The van der Waals surface area contributed by atoms with Gasteiger partial charge in [0, 0.05) is 23.3 Å². The molecule has 0 fully saturated rings. The van der Waals surface area contributed by atoms with E-state index in [1.807, 2.05) is 35.3 Å². The minimum atomic E-state index is -1.77. The van der Waals surface area contributed by atoms with Crippen LogP contribution in [0.25, 0.3) is 16.6 Å². The molecule has 0 aliphatic rings. The van der Waals surface area contributed by atoms with E-state index in [0.29, 0.717) is 13.2 Å². The van der Waals surface area contributed by atoms with Gasteiger partial charge in [0.05, 0.1) is 36.7 Å². The van der Waals surface area contributed by atoms with Crippen LogP contribution in [-0.2, 0) is 11.0 Å². The number of aliphatic hydroxyl groups is 1. The average Bonchev–Trinajstić information content (AvgIpc) is 3.22. The molecule has 0 amide bonds. The van der Waals surface area contributed by atoms with Gasteiger partial charge in [0.15, 0.2) is 8.32 Å². The largest absolute Gasteiger partial charge is 0.415 e. The fourth-order valence-corrected chi connectivity index (χ4v) is 3.89. The maximum absolute atomic E-state index is 10.3. The van der Waals surface area contributed by atoms with E-state index < -0.39 is 14.4 Å². The lowest BCUT2D eigenvalue weighted by molar-refractivity contribution is 0.199. The molecule has 6 nitrogen and oxygen atoms in total. The van der Waals surface area contributed by atoms with Crippen LogP contribution in [0.5, 0.6) is 0 Å². The summed E-state index contributed by atoms with van der Waals surface area (Å²) in [4.78, 5) is 0. The molecule has 0 aliphatic heterocycles. The van der Waals surface area contributed by atoms with E-state index >= 15 is 0 Å². The van der Waals surface area contributed by atoms with Gasteiger partial charge in [0.2, 0.25) is 0 Å². The van der Waals surface area contributed by atoms with E-state index in [9.17, 15) is 5.11 Å². The van der Waals surface area contributed by atoms with Crippen molar-refractivity contribution in [2.75, 3.05) is 6.61 Å². The van der Waals surface area contributed by atoms with Gasteiger partial charge in [0.25, 0.3) is 0 Å². The Morgan fingerprint density at radius 3 is 2.56 bits per heavy atom. The number of aliphatic hydroxyl groups excluding tert-OH is 1. The Labute approximate surface area is 161 Å². The third-order valence-corrected chi connectivity index (χ3v) is 10.1. The maximum atomic E-state index is 10.3. The zero-order valence-electron chi connectivity index (χ0n) is 17.1. The quantitative estimate of drug-likeness (QED) is 0.642. The van der Waals surface area contributed by atoms with Gasteiger partial charge in [-0.3, -0.25) is 4.68 Å². The summed E-state index contributed by atoms with van der Waals surface area (Å²) >= 11 is 0. The lowest BCUT2D eigenvalue weighted by atomic mass is 10.1. The number of fused-ring (bicyclic) bond motifs is 1. The zero-order chi connectivity index (χ0) is 19.8. The lowest BCUT2D eigenvalue weighted by Gasteiger charge is -2.36. The minimum Gasteiger partial charge on any atom is -0.415 e. The highest BCUT2D eigenvalue weighted by Crippen LogP contribution is 2.36. The van der Waals surface area contributed by atoms with Crippen LogP contribution in [0, 0.1) is 0 Å². The Hall–Kier alpha value is -1.96. The van der Waals surface area contributed by atoms with Crippen LogP contribution < -0.4 is 0 Å². The first-order valence-electron chi connectivity index (χ1n) is 9.42. The van der Waals surface area contributed by atoms with Crippen molar-refractivity contribution in [3.05, 3.63) is 42.4 Å². The zero-order valence-corrected chi connectivity index (χ0v) is 18.1. The Morgan fingerprint density at radius 1 is 1.22 bits per heavy atom. The van der Waals surface area contributed by atoms with Crippen molar-refractivity contribution in [3.63, 3.8) is 0 Å². The second kappa shape index (κ2) is 7.22. The van der Waals surface area contributed by atoms with Crippen LogP contribution in [0.4, 0.5) is 0 Å². The first kappa shape index (κ1) is 19.8. The molecule has 1 atom stereocenters. The molecular weight excluding hydrogens is 356 g/mol. The summed E-state index contributed by atoms with van der Waals surface area (Å²) < 4.78 is 10.0. The van der Waals surface area contributed by atoms with Crippen molar-refractivity contribution in [2.45, 2.75) is 58.5 Å². The summed E-state index contributed by atoms with van der Waals surface area (Å²) in [5.41, 5.74) is 2.71. The molecule has 3 rings (SSSR count). The highest BCUT2D eigenvalue weighted by atomic mass is 28.4. The van der Waals surface area contributed by atoms with Gasteiger partial charge < -0.3 is 9.53 Å². The van der Waals surface area contributed by atoms with Gasteiger partial charge in [-0.25, -0.2) is 4.68 Å². The SMILES string of the molecule is CC(O)c1cc2c(cnn2CCO[Si](C)(C)C(C)(C)C)cc1-n1cccn1. The molecule has 2 heterocycles. The molecule has 3 aromatic rings. The molecule has 2 aromatic heterocycles. The molecular formula is C20H30N4O2Si. The van der Waals surface area contributed by atoms with E-state index in [2.05, 4.69) is 44.1 Å². The first-order chi connectivity index (χ1) is 12.6. The number of rotatable bonds is 6. The number of aromatic nitrogens is 4. The number of nitrogens with zero attached hydrogens (tertiary/aromatic N) is 4. The van der Waals surface area contributed by atoms with Gasteiger partial charge in [-0.1, -0.05) is 20.8 Å². The summed E-state index contributed by atoms with van der Waals surface area (Å²) in [6.45, 7) is 14.4. The van der Waals surface area contributed by atoms with Crippen molar-refractivity contribution in [1.29, 1.82) is 0 Å². The molecule has 1 unspecified atom stereocenters. The highest BCUT2D eigenvalue weighted by molar-refractivity contribution is 6.74. The minimum absolute atomic E-state index is 0.192. The summed E-state index contributed by atoms with van der Waals surface area (Å²) in [6, 6.07) is 5.91. The van der Waals surface area contributed by atoms with Gasteiger partial charge >= 0.3 is 0 Å². The van der Waals surface area contributed by atoms with Gasteiger partial charge in [-0.15, -0.1) is 0 Å². The molecule has 7 heteroatoms. The van der Waals surface area contributed by atoms with Gasteiger partial charge in [-0.05, 0) is 43.3 Å². The van der Waals surface area contributed by atoms with Gasteiger partial charge in [-0.2, -0.15) is 10.2 Å². The highest BCUT2D eigenvalue weighted by Gasteiger charge is 2.36. The standard InChI is InChI=1S/C20H30N4O2Si/c1-15(25)17-13-18-16(12-19(17)23-9-7-8-21-23)14-22-24(18)10-11-26-27(5,6)20(2,3)4/h7-9,12-15,25H,10-11H2,1-6H3. The molecule has 0 radical (unpaired) electrons. The van der Waals surface area contributed by atoms with Crippen molar-refractivity contribution >= 4 is 19.2 Å². The lowest BCUT2D eigenvalue weighted by Crippen LogP contribution is -2.41. The van der Waals surface area contributed by atoms with Crippen LogP contribution >= 0.6 is 0 Å². The number of hydrogen-bond acceptors (Lipinski definition) is 4. The summed E-state index contributed by atoms with van der Waals surface area (Å²) in [5.74, 6) is 0. The van der Waals surface area contributed by atoms with Crippen LogP contribution in [0.1, 0.15) is 39.4 Å².